The van der Waals surface area contributed by atoms with Crippen LogP contribution in [-0.4, -0.2) is 5.91 Å². The Balaban J connectivity index is 3.16. The van der Waals surface area contributed by atoms with Crippen LogP contribution in [0.2, 0.25) is 0 Å². The minimum Gasteiger partial charge on any atom is -0.370 e. The summed E-state index contributed by atoms with van der Waals surface area (Å²) in [6, 6.07) is 0. The molecule has 0 rings (SSSR count). The smallest absolute Gasteiger partial charge is 0.217 e. The van der Waals surface area contributed by atoms with Crippen LogP contribution in [0.1, 0.15) is 39.5 Å². The molecule has 0 aromatic rings. The highest BCUT2D eigenvalue weighted by atomic mass is 16.1. The fraction of sp³-hybridized carbons (Fsp3) is 0.700. The summed E-state index contributed by atoms with van der Waals surface area (Å²) in [6.07, 6.45) is 7.92. The molecule has 0 aliphatic heterocycles. The number of nitrogens with two attached hydrogens (primary N) is 1. The predicted octanol–water partition coefficient (Wildman–Crippen LogP) is 2.24. The fourth-order valence-electron chi connectivity index (χ4n) is 0.930. The number of unbranched alkanes of at least 4 members (excludes halogenated alkanes) is 2. The Kier molecular flexibility index (Phi) is 6.44. The Bertz CT molecular complexity index is 150. The maximum atomic E-state index is 10.3. The van der Waals surface area contributed by atoms with Crippen molar-refractivity contribution >= 4 is 5.91 Å². The maximum absolute atomic E-state index is 10.3. The molecule has 0 aliphatic rings. The maximum Gasteiger partial charge on any atom is 0.217 e. The number of rotatable bonds is 6. The van der Waals surface area contributed by atoms with Crippen molar-refractivity contribution < 1.29 is 4.79 Å². The zero-order valence-electron chi connectivity index (χ0n) is 8.05. The molecular weight excluding hydrogens is 150 g/mol. The second kappa shape index (κ2) is 6.89. The van der Waals surface area contributed by atoms with Gasteiger partial charge in [0.1, 0.15) is 0 Å². The van der Waals surface area contributed by atoms with Crippen LogP contribution in [-0.2, 0) is 4.79 Å². The van der Waals surface area contributed by atoms with Crippen molar-refractivity contribution in [2.45, 2.75) is 39.5 Å². The Morgan fingerprint density at radius 2 is 2.08 bits per heavy atom. The van der Waals surface area contributed by atoms with Gasteiger partial charge in [-0.05, 0) is 25.2 Å². The van der Waals surface area contributed by atoms with Gasteiger partial charge in [-0.1, -0.05) is 26.0 Å². The molecule has 0 atom stereocenters. The van der Waals surface area contributed by atoms with Gasteiger partial charge in [0.05, 0.1) is 0 Å². The lowest BCUT2D eigenvalue weighted by Crippen LogP contribution is -2.09. The topological polar surface area (TPSA) is 43.1 Å². The second-order valence-electron chi connectivity index (χ2n) is 3.38. The van der Waals surface area contributed by atoms with Gasteiger partial charge in [-0.15, -0.1) is 0 Å². The summed E-state index contributed by atoms with van der Waals surface area (Å²) in [5.41, 5.74) is 5.00. The minimum absolute atomic E-state index is 0.192. The van der Waals surface area contributed by atoms with E-state index >= 15 is 0 Å². The highest BCUT2D eigenvalue weighted by molar-refractivity contribution is 5.73. The number of carbonyl (C=O) groups excluding carboxylic acids is 1. The van der Waals surface area contributed by atoms with Gasteiger partial charge < -0.3 is 5.73 Å². The van der Waals surface area contributed by atoms with E-state index in [9.17, 15) is 4.79 Å². The van der Waals surface area contributed by atoms with E-state index in [2.05, 4.69) is 26.0 Å². The number of amides is 1. The predicted molar refractivity (Wildman–Crippen MR) is 51.6 cm³/mol. The van der Waals surface area contributed by atoms with Crippen LogP contribution in [0.5, 0.6) is 0 Å². The molecule has 0 bridgehead atoms. The lowest BCUT2D eigenvalue weighted by atomic mass is 10.1. The summed E-state index contributed by atoms with van der Waals surface area (Å²) in [7, 11) is 0. The fourth-order valence-corrected chi connectivity index (χ4v) is 0.930. The van der Waals surface area contributed by atoms with Crippen molar-refractivity contribution in [3.05, 3.63) is 12.2 Å². The third-order valence-corrected chi connectivity index (χ3v) is 1.56. The number of hydrogen-bond acceptors (Lipinski definition) is 1. The van der Waals surface area contributed by atoms with E-state index < -0.39 is 0 Å². The summed E-state index contributed by atoms with van der Waals surface area (Å²) in [5, 5.41) is 0. The number of allylic oxidation sites excluding steroid dienone is 2. The van der Waals surface area contributed by atoms with Crippen LogP contribution in [0, 0.1) is 5.92 Å². The number of hydrogen-bond donors (Lipinski definition) is 1. The Hall–Kier alpha value is -0.790. The molecule has 70 valence electrons. The van der Waals surface area contributed by atoms with Crippen molar-refractivity contribution in [1.29, 1.82) is 0 Å². The zero-order chi connectivity index (χ0) is 9.40. The number of carbonyl (C=O) groups is 1. The lowest BCUT2D eigenvalue weighted by Gasteiger charge is -1.95. The minimum atomic E-state index is -0.192. The second-order valence-corrected chi connectivity index (χ2v) is 3.38. The van der Waals surface area contributed by atoms with Crippen molar-refractivity contribution in [3.8, 4) is 0 Å². The van der Waals surface area contributed by atoms with E-state index in [1.54, 1.807) is 0 Å². The standard InChI is InChI=1S/C10H19NO/c1-9(2)7-5-3-4-6-8-10(11)12/h5,7,9H,3-4,6,8H2,1-2H3,(H2,11,12)/b7-5+. The molecule has 12 heavy (non-hydrogen) atoms. The van der Waals surface area contributed by atoms with E-state index in [4.69, 9.17) is 5.73 Å². The zero-order valence-corrected chi connectivity index (χ0v) is 8.05. The molecule has 0 spiro atoms. The first-order valence-corrected chi connectivity index (χ1v) is 4.58. The molecule has 0 unspecified atom stereocenters. The van der Waals surface area contributed by atoms with Gasteiger partial charge in [0, 0.05) is 6.42 Å². The van der Waals surface area contributed by atoms with Crippen molar-refractivity contribution in [2.75, 3.05) is 0 Å². The highest BCUT2D eigenvalue weighted by Gasteiger charge is 1.92. The molecule has 0 aromatic heterocycles. The molecule has 0 saturated carbocycles. The van der Waals surface area contributed by atoms with Crippen molar-refractivity contribution in [2.24, 2.45) is 11.7 Å². The summed E-state index contributed by atoms with van der Waals surface area (Å²) < 4.78 is 0. The van der Waals surface area contributed by atoms with Crippen molar-refractivity contribution in [3.63, 3.8) is 0 Å². The molecule has 2 nitrogen and oxygen atoms in total. The van der Waals surface area contributed by atoms with E-state index in [-0.39, 0.29) is 5.91 Å². The molecule has 1 amide bonds. The van der Waals surface area contributed by atoms with Crippen LogP contribution in [0.4, 0.5) is 0 Å². The first-order chi connectivity index (χ1) is 5.63. The first-order valence-electron chi connectivity index (χ1n) is 4.58. The Morgan fingerprint density at radius 1 is 1.42 bits per heavy atom. The SMILES string of the molecule is CC(C)/C=C/CCCCC(N)=O. The summed E-state index contributed by atoms with van der Waals surface area (Å²) in [5.74, 6) is 0.434. The van der Waals surface area contributed by atoms with Gasteiger partial charge in [-0.25, -0.2) is 0 Å². The van der Waals surface area contributed by atoms with E-state index in [1.807, 2.05) is 0 Å². The van der Waals surface area contributed by atoms with Gasteiger partial charge in [-0.3, -0.25) is 4.79 Å². The average molecular weight is 169 g/mol. The summed E-state index contributed by atoms with van der Waals surface area (Å²) in [4.78, 5) is 10.3. The van der Waals surface area contributed by atoms with Crippen LogP contribution < -0.4 is 5.73 Å². The average Bonchev–Trinajstić information content (AvgIpc) is 1.95. The van der Waals surface area contributed by atoms with E-state index in [0.717, 1.165) is 19.3 Å². The number of primary amides is 1. The van der Waals surface area contributed by atoms with Gasteiger partial charge in [0.15, 0.2) is 0 Å². The molecule has 0 heterocycles. The van der Waals surface area contributed by atoms with Crippen LogP contribution in [0.25, 0.3) is 0 Å². The largest absolute Gasteiger partial charge is 0.370 e. The normalized spacial score (nSPS) is 11.2. The first kappa shape index (κ1) is 11.2. The molecular formula is C10H19NO. The quantitative estimate of drug-likeness (QED) is 0.481. The molecule has 2 N–H and O–H groups in total. The van der Waals surface area contributed by atoms with Crippen molar-refractivity contribution in [1.82, 2.24) is 0 Å². The van der Waals surface area contributed by atoms with Gasteiger partial charge in [0.25, 0.3) is 0 Å². The lowest BCUT2D eigenvalue weighted by molar-refractivity contribution is -0.118. The summed E-state index contributed by atoms with van der Waals surface area (Å²) >= 11 is 0. The van der Waals surface area contributed by atoms with E-state index in [1.165, 1.54) is 0 Å². The third kappa shape index (κ3) is 9.21. The Morgan fingerprint density at radius 3 is 2.58 bits per heavy atom. The van der Waals surface area contributed by atoms with Crippen LogP contribution in [0.15, 0.2) is 12.2 Å². The molecule has 0 saturated heterocycles. The monoisotopic (exact) mass is 169 g/mol. The molecule has 0 fully saturated rings. The van der Waals surface area contributed by atoms with Gasteiger partial charge in [0.2, 0.25) is 5.91 Å². The third-order valence-electron chi connectivity index (χ3n) is 1.56. The van der Waals surface area contributed by atoms with Crippen LogP contribution in [0.3, 0.4) is 0 Å². The Labute approximate surface area is 74.8 Å². The summed E-state index contributed by atoms with van der Waals surface area (Å²) in [6.45, 7) is 4.31. The molecule has 0 aromatic carbocycles. The molecule has 2 heteroatoms. The van der Waals surface area contributed by atoms with Gasteiger partial charge >= 0.3 is 0 Å². The molecule has 0 aliphatic carbocycles. The van der Waals surface area contributed by atoms with Crippen LogP contribution >= 0.6 is 0 Å². The molecule has 0 radical (unpaired) electrons. The van der Waals surface area contributed by atoms with Gasteiger partial charge in [-0.2, -0.15) is 0 Å². The highest BCUT2D eigenvalue weighted by Crippen LogP contribution is 2.02. The van der Waals surface area contributed by atoms with E-state index in [0.29, 0.717) is 12.3 Å².